The largest absolute Gasteiger partial charge is 0.468 e. The van der Waals surface area contributed by atoms with Gasteiger partial charge in [0.15, 0.2) is 5.96 Å². The van der Waals surface area contributed by atoms with E-state index in [9.17, 15) is 0 Å². The van der Waals surface area contributed by atoms with Crippen LogP contribution in [0.1, 0.15) is 37.3 Å². The van der Waals surface area contributed by atoms with Gasteiger partial charge in [-0.3, -0.25) is 14.6 Å². The first-order valence-corrected chi connectivity index (χ1v) is 9.99. The maximum absolute atomic E-state index is 5.96. The van der Waals surface area contributed by atoms with Crippen LogP contribution in [0.2, 0.25) is 0 Å². The average molecular weight is 516 g/mol. The third-order valence-electron chi connectivity index (χ3n) is 5.25. The minimum absolute atomic E-state index is 0. The Hall–Kier alpha value is -1.59. The SMILES string of the molecule is CCN(CC)C(CNC(=NC)N1CCOC(c2cnn(C)c2)C1)c1ccco1.I. The van der Waals surface area contributed by atoms with Crippen LogP contribution >= 0.6 is 24.0 Å². The number of aryl methyl sites for hydroxylation is 1. The van der Waals surface area contributed by atoms with E-state index in [1.807, 2.05) is 43.3 Å². The number of nitrogens with zero attached hydrogens (tertiary/aromatic N) is 5. The van der Waals surface area contributed by atoms with Crippen molar-refractivity contribution in [3.05, 3.63) is 42.1 Å². The van der Waals surface area contributed by atoms with Crippen LogP contribution < -0.4 is 5.32 Å². The summed E-state index contributed by atoms with van der Waals surface area (Å²) < 4.78 is 13.5. The Morgan fingerprint density at radius 2 is 2.21 bits per heavy atom. The summed E-state index contributed by atoms with van der Waals surface area (Å²) in [6.45, 7) is 9.24. The molecule has 29 heavy (non-hydrogen) atoms. The Kier molecular flexibility index (Phi) is 9.44. The van der Waals surface area contributed by atoms with Gasteiger partial charge in [-0.05, 0) is 25.2 Å². The summed E-state index contributed by atoms with van der Waals surface area (Å²) in [6.07, 6.45) is 5.63. The van der Waals surface area contributed by atoms with Crippen molar-refractivity contribution in [3.63, 3.8) is 0 Å². The molecule has 0 radical (unpaired) electrons. The highest BCUT2D eigenvalue weighted by Gasteiger charge is 2.27. The number of hydrogen-bond acceptors (Lipinski definition) is 5. The summed E-state index contributed by atoms with van der Waals surface area (Å²) in [5, 5.41) is 7.82. The van der Waals surface area contributed by atoms with Crippen LogP contribution in [0.4, 0.5) is 0 Å². The number of hydrogen-bond donors (Lipinski definition) is 1. The molecule has 2 aromatic rings. The maximum Gasteiger partial charge on any atom is 0.193 e. The number of morpholine rings is 1. The summed E-state index contributed by atoms with van der Waals surface area (Å²) in [4.78, 5) is 9.15. The van der Waals surface area contributed by atoms with Crippen molar-refractivity contribution in [1.29, 1.82) is 0 Å². The van der Waals surface area contributed by atoms with E-state index in [0.29, 0.717) is 6.61 Å². The van der Waals surface area contributed by atoms with Crippen LogP contribution in [0.15, 0.2) is 40.2 Å². The molecule has 1 fully saturated rings. The molecule has 2 unspecified atom stereocenters. The second-order valence-corrected chi connectivity index (χ2v) is 6.93. The van der Waals surface area contributed by atoms with Gasteiger partial charge in [0.1, 0.15) is 11.9 Å². The summed E-state index contributed by atoms with van der Waals surface area (Å²) in [6, 6.07) is 4.15. The molecule has 0 saturated carbocycles. The van der Waals surface area contributed by atoms with Crippen LogP contribution in [0.3, 0.4) is 0 Å². The molecule has 0 spiro atoms. The van der Waals surface area contributed by atoms with Crippen LogP contribution in [0.25, 0.3) is 0 Å². The average Bonchev–Trinajstić information content (AvgIpc) is 3.40. The lowest BCUT2D eigenvalue weighted by Crippen LogP contribution is -2.50. The first kappa shape index (κ1) is 23.7. The Labute approximate surface area is 190 Å². The standard InChI is InChI=1S/C20H32N6O2.HI/c1-5-25(6-2)17(18-8-7-10-27-18)13-22-20(21-3)26-9-11-28-19(15-26)16-12-23-24(4)14-16;/h7-8,10,12,14,17,19H,5-6,9,11,13,15H2,1-4H3,(H,21,22);1H. The molecule has 1 saturated heterocycles. The fourth-order valence-electron chi connectivity index (χ4n) is 3.72. The van der Waals surface area contributed by atoms with E-state index in [-0.39, 0.29) is 36.1 Å². The lowest BCUT2D eigenvalue weighted by atomic mass is 10.1. The van der Waals surface area contributed by atoms with E-state index in [1.54, 1.807) is 6.26 Å². The first-order chi connectivity index (χ1) is 13.7. The molecule has 0 amide bonds. The molecule has 3 rings (SSSR count). The monoisotopic (exact) mass is 516 g/mol. The summed E-state index contributed by atoms with van der Waals surface area (Å²) in [5.74, 6) is 1.86. The topological polar surface area (TPSA) is 71.1 Å². The zero-order valence-corrected chi connectivity index (χ0v) is 20.1. The molecule has 0 aromatic carbocycles. The van der Waals surface area contributed by atoms with Gasteiger partial charge in [0.05, 0.1) is 31.7 Å². The van der Waals surface area contributed by atoms with Gasteiger partial charge in [-0.1, -0.05) is 13.8 Å². The molecule has 1 aliphatic rings. The fourth-order valence-corrected chi connectivity index (χ4v) is 3.72. The second kappa shape index (κ2) is 11.6. The Morgan fingerprint density at radius 3 is 2.79 bits per heavy atom. The lowest BCUT2D eigenvalue weighted by molar-refractivity contribution is -0.00816. The van der Waals surface area contributed by atoms with Crippen LogP contribution in [0.5, 0.6) is 0 Å². The molecular formula is C20H33IN6O2. The third-order valence-corrected chi connectivity index (χ3v) is 5.25. The third kappa shape index (κ3) is 5.95. The van der Waals surface area contributed by atoms with Gasteiger partial charge >= 0.3 is 0 Å². The molecule has 0 aliphatic carbocycles. The van der Waals surface area contributed by atoms with Crippen molar-refractivity contribution < 1.29 is 9.15 Å². The number of aromatic nitrogens is 2. The van der Waals surface area contributed by atoms with Crippen molar-refractivity contribution in [3.8, 4) is 0 Å². The van der Waals surface area contributed by atoms with Crippen molar-refractivity contribution in [2.75, 3.05) is 46.4 Å². The van der Waals surface area contributed by atoms with Crippen molar-refractivity contribution >= 4 is 29.9 Å². The molecule has 1 N–H and O–H groups in total. The molecule has 1 aliphatic heterocycles. The molecule has 0 bridgehead atoms. The summed E-state index contributed by atoms with van der Waals surface area (Å²) in [5.41, 5.74) is 1.10. The highest BCUT2D eigenvalue weighted by molar-refractivity contribution is 14.0. The quantitative estimate of drug-likeness (QED) is 0.347. The number of furan rings is 1. The molecule has 2 atom stereocenters. The smallest absolute Gasteiger partial charge is 0.193 e. The zero-order valence-electron chi connectivity index (χ0n) is 17.7. The van der Waals surface area contributed by atoms with Gasteiger partial charge < -0.3 is 19.4 Å². The van der Waals surface area contributed by atoms with E-state index < -0.39 is 0 Å². The Bertz CT molecular complexity index is 744. The number of likely N-dealkylation sites (N-methyl/N-ethyl adjacent to an activating group) is 1. The minimum Gasteiger partial charge on any atom is -0.468 e. The molecular weight excluding hydrogens is 483 g/mol. The highest BCUT2D eigenvalue weighted by atomic mass is 127. The van der Waals surface area contributed by atoms with Crippen LogP contribution in [-0.2, 0) is 11.8 Å². The molecule has 162 valence electrons. The first-order valence-electron chi connectivity index (χ1n) is 9.99. The van der Waals surface area contributed by atoms with Crippen LogP contribution in [-0.4, -0.2) is 71.9 Å². The van der Waals surface area contributed by atoms with Gasteiger partial charge in [0, 0.05) is 38.9 Å². The van der Waals surface area contributed by atoms with Gasteiger partial charge in [-0.15, -0.1) is 24.0 Å². The number of nitrogens with one attached hydrogen (secondary N) is 1. The highest BCUT2D eigenvalue weighted by Crippen LogP contribution is 2.23. The second-order valence-electron chi connectivity index (χ2n) is 6.93. The lowest BCUT2D eigenvalue weighted by Gasteiger charge is -2.36. The molecule has 9 heteroatoms. The maximum atomic E-state index is 5.96. The zero-order chi connectivity index (χ0) is 19.9. The summed E-state index contributed by atoms with van der Waals surface area (Å²) >= 11 is 0. The number of rotatable bonds is 7. The fraction of sp³-hybridized carbons (Fsp3) is 0.600. The predicted octanol–water partition coefficient (Wildman–Crippen LogP) is 2.66. The molecule has 8 nitrogen and oxygen atoms in total. The van der Waals surface area contributed by atoms with Crippen molar-refractivity contribution in [1.82, 2.24) is 24.9 Å². The minimum atomic E-state index is 0. The van der Waals surface area contributed by atoms with Gasteiger partial charge in [-0.2, -0.15) is 5.10 Å². The van der Waals surface area contributed by atoms with E-state index in [2.05, 4.69) is 39.1 Å². The number of aliphatic imine (C=N–C) groups is 1. The van der Waals surface area contributed by atoms with Crippen molar-refractivity contribution in [2.24, 2.45) is 12.0 Å². The Morgan fingerprint density at radius 1 is 1.41 bits per heavy atom. The van der Waals surface area contributed by atoms with E-state index in [1.165, 1.54) is 0 Å². The number of ether oxygens (including phenoxy) is 1. The normalized spacial score (nSPS) is 18.6. The van der Waals surface area contributed by atoms with Crippen molar-refractivity contribution in [2.45, 2.75) is 26.0 Å². The van der Waals surface area contributed by atoms with E-state index >= 15 is 0 Å². The number of halogens is 1. The summed E-state index contributed by atoms with van der Waals surface area (Å²) in [7, 11) is 3.75. The molecule has 2 aromatic heterocycles. The number of guanidine groups is 1. The van der Waals surface area contributed by atoms with Gasteiger partial charge in [-0.25, -0.2) is 0 Å². The van der Waals surface area contributed by atoms with E-state index in [0.717, 1.165) is 50.0 Å². The predicted molar refractivity (Wildman–Crippen MR) is 125 cm³/mol. The van der Waals surface area contributed by atoms with Gasteiger partial charge in [0.2, 0.25) is 0 Å². The van der Waals surface area contributed by atoms with E-state index in [4.69, 9.17) is 9.15 Å². The van der Waals surface area contributed by atoms with Crippen LogP contribution in [0, 0.1) is 0 Å². The Balaban J connectivity index is 0.00000300. The van der Waals surface area contributed by atoms with Gasteiger partial charge in [0.25, 0.3) is 0 Å². The molecule has 3 heterocycles.